The van der Waals surface area contributed by atoms with E-state index < -0.39 is 17.7 Å². The summed E-state index contributed by atoms with van der Waals surface area (Å²) in [7, 11) is 3.03. The molecule has 1 saturated heterocycles. The van der Waals surface area contributed by atoms with Crippen LogP contribution in [0, 0.1) is 0 Å². The quantitative estimate of drug-likeness (QED) is 0.195. The second-order valence-corrected chi connectivity index (χ2v) is 9.68. The van der Waals surface area contributed by atoms with E-state index in [2.05, 4.69) is 20.9 Å². The van der Waals surface area contributed by atoms with Crippen LogP contribution >= 0.6 is 27.3 Å². The molecule has 1 N–H and O–H groups in total. The first-order chi connectivity index (χ1) is 16.9. The van der Waals surface area contributed by atoms with Gasteiger partial charge in [0.25, 0.3) is 5.78 Å². The number of benzene rings is 3. The first-order valence-corrected chi connectivity index (χ1v) is 12.2. The highest BCUT2D eigenvalue weighted by Gasteiger charge is 2.48. The maximum Gasteiger partial charge on any atom is 0.301 e. The molecule has 1 fully saturated rings. The van der Waals surface area contributed by atoms with Crippen LogP contribution in [-0.2, 0) is 9.59 Å². The van der Waals surface area contributed by atoms with Crippen LogP contribution in [0.3, 0.4) is 0 Å². The van der Waals surface area contributed by atoms with Crippen LogP contribution in [0.4, 0.5) is 5.13 Å². The molecular weight excluding hydrogens is 532 g/mol. The Hall–Kier alpha value is -3.69. The smallest absolute Gasteiger partial charge is 0.301 e. The number of halogens is 1. The van der Waals surface area contributed by atoms with Gasteiger partial charge < -0.3 is 14.6 Å². The van der Waals surface area contributed by atoms with Gasteiger partial charge >= 0.3 is 5.91 Å². The van der Waals surface area contributed by atoms with Gasteiger partial charge in [-0.15, -0.1) is 0 Å². The van der Waals surface area contributed by atoms with Crippen molar-refractivity contribution < 1.29 is 24.2 Å². The number of anilines is 1. The van der Waals surface area contributed by atoms with Crippen LogP contribution < -0.4 is 14.4 Å². The molecular formula is C26H19BrN2O5S. The summed E-state index contributed by atoms with van der Waals surface area (Å²) in [6.07, 6.45) is 0. The number of rotatable bonds is 5. The lowest BCUT2D eigenvalue weighted by molar-refractivity contribution is -0.132. The van der Waals surface area contributed by atoms with Crippen molar-refractivity contribution in [3.63, 3.8) is 0 Å². The number of fused-ring (bicyclic) bond motifs is 1. The summed E-state index contributed by atoms with van der Waals surface area (Å²) < 4.78 is 12.5. The van der Waals surface area contributed by atoms with Crippen LogP contribution in [0.15, 0.2) is 76.8 Å². The molecule has 7 nitrogen and oxygen atoms in total. The first kappa shape index (κ1) is 23.1. The molecule has 0 saturated carbocycles. The third-order valence-electron chi connectivity index (χ3n) is 5.76. The SMILES string of the molecule is COc1ccc(C2/C(=C(\O)c3ccccc3)C(=O)C(=O)N2c2nc3ccc(Br)cc3s2)cc1OC. The summed E-state index contributed by atoms with van der Waals surface area (Å²) in [4.78, 5) is 32.7. The number of aromatic nitrogens is 1. The minimum Gasteiger partial charge on any atom is -0.507 e. The molecule has 9 heteroatoms. The predicted molar refractivity (Wildman–Crippen MR) is 138 cm³/mol. The van der Waals surface area contributed by atoms with Gasteiger partial charge in [-0.25, -0.2) is 4.98 Å². The second kappa shape index (κ2) is 9.16. The van der Waals surface area contributed by atoms with Crippen LogP contribution in [-0.4, -0.2) is 36.0 Å². The maximum absolute atomic E-state index is 13.4. The fraction of sp³-hybridized carbons (Fsp3) is 0.115. The Bertz CT molecular complexity index is 1500. The van der Waals surface area contributed by atoms with Crippen LogP contribution in [0.25, 0.3) is 16.0 Å². The molecule has 0 radical (unpaired) electrons. The van der Waals surface area contributed by atoms with Gasteiger partial charge in [-0.3, -0.25) is 14.5 Å². The van der Waals surface area contributed by atoms with E-state index in [1.54, 1.807) is 48.5 Å². The molecule has 1 atom stereocenters. The van der Waals surface area contributed by atoms with Gasteiger partial charge in [0.05, 0.1) is 36.1 Å². The summed E-state index contributed by atoms with van der Waals surface area (Å²) in [6.45, 7) is 0. The maximum atomic E-state index is 13.4. The zero-order valence-corrected chi connectivity index (χ0v) is 21.1. The molecule has 2 heterocycles. The molecule has 1 unspecified atom stereocenters. The fourth-order valence-electron chi connectivity index (χ4n) is 4.11. The fourth-order valence-corrected chi connectivity index (χ4v) is 5.65. The first-order valence-electron chi connectivity index (χ1n) is 10.6. The number of aliphatic hydroxyl groups excluding tert-OH is 1. The summed E-state index contributed by atoms with van der Waals surface area (Å²) in [5, 5.41) is 11.6. The number of ketones is 1. The van der Waals surface area contributed by atoms with E-state index in [4.69, 9.17) is 9.47 Å². The number of amides is 1. The lowest BCUT2D eigenvalue weighted by Gasteiger charge is -2.23. The Kier molecular flexibility index (Phi) is 6.04. The van der Waals surface area contributed by atoms with Crippen LogP contribution in [0.1, 0.15) is 17.2 Å². The van der Waals surface area contributed by atoms with E-state index >= 15 is 0 Å². The van der Waals surface area contributed by atoms with E-state index in [1.165, 1.54) is 30.5 Å². The molecule has 5 rings (SSSR count). The molecule has 176 valence electrons. The highest BCUT2D eigenvalue weighted by molar-refractivity contribution is 9.10. The molecule has 1 amide bonds. The van der Waals surface area contributed by atoms with Crippen LogP contribution in [0.5, 0.6) is 11.5 Å². The van der Waals surface area contributed by atoms with Crippen molar-refractivity contribution in [1.82, 2.24) is 4.98 Å². The Morgan fingerprint density at radius 1 is 1.00 bits per heavy atom. The van der Waals surface area contributed by atoms with E-state index in [1.807, 2.05) is 18.2 Å². The number of ether oxygens (including phenoxy) is 2. The van der Waals surface area contributed by atoms with Gasteiger partial charge in [0.2, 0.25) is 0 Å². The van der Waals surface area contributed by atoms with Gasteiger partial charge in [-0.05, 0) is 35.9 Å². The number of carbonyl (C=O) groups excluding carboxylic acids is 2. The van der Waals surface area contributed by atoms with E-state index in [0.29, 0.717) is 33.3 Å². The van der Waals surface area contributed by atoms with Gasteiger partial charge in [0.15, 0.2) is 16.6 Å². The van der Waals surface area contributed by atoms with Crippen molar-refractivity contribution in [1.29, 1.82) is 0 Å². The molecule has 1 aliphatic rings. The molecule has 0 spiro atoms. The number of hydrogen-bond donors (Lipinski definition) is 1. The average molecular weight is 551 g/mol. The molecule has 0 bridgehead atoms. The number of Topliss-reactive ketones (excluding diaryl/α,β-unsaturated/α-hetero) is 1. The monoisotopic (exact) mass is 550 g/mol. The van der Waals surface area contributed by atoms with E-state index in [9.17, 15) is 14.7 Å². The zero-order valence-electron chi connectivity index (χ0n) is 18.7. The average Bonchev–Trinajstić information content (AvgIpc) is 3.41. The Morgan fingerprint density at radius 2 is 1.74 bits per heavy atom. The molecule has 0 aliphatic carbocycles. The molecule has 35 heavy (non-hydrogen) atoms. The summed E-state index contributed by atoms with van der Waals surface area (Å²) in [5.41, 5.74) is 1.68. The van der Waals surface area contributed by atoms with Gasteiger partial charge in [-0.2, -0.15) is 0 Å². The third kappa shape index (κ3) is 3.96. The zero-order chi connectivity index (χ0) is 24.7. The van der Waals surface area contributed by atoms with Crippen molar-refractivity contribution in [2.24, 2.45) is 0 Å². The summed E-state index contributed by atoms with van der Waals surface area (Å²) >= 11 is 4.75. The van der Waals surface area contributed by atoms with Crippen molar-refractivity contribution in [2.45, 2.75) is 6.04 Å². The van der Waals surface area contributed by atoms with E-state index in [0.717, 1.165) is 9.17 Å². The predicted octanol–water partition coefficient (Wildman–Crippen LogP) is 5.70. The van der Waals surface area contributed by atoms with Gasteiger partial charge in [-0.1, -0.05) is 63.7 Å². The molecule has 1 aliphatic heterocycles. The Balaban J connectivity index is 1.75. The minimum atomic E-state index is -0.918. The normalized spacial score (nSPS) is 17.2. The lowest BCUT2D eigenvalue weighted by atomic mass is 9.95. The number of carbonyl (C=O) groups is 2. The highest BCUT2D eigenvalue weighted by atomic mass is 79.9. The topological polar surface area (TPSA) is 89.0 Å². The van der Waals surface area contributed by atoms with Gasteiger partial charge in [0.1, 0.15) is 5.76 Å². The minimum absolute atomic E-state index is 0.0196. The van der Waals surface area contributed by atoms with Gasteiger partial charge in [0, 0.05) is 10.0 Å². The molecule has 1 aromatic heterocycles. The summed E-state index contributed by atoms with van der Waals surface area (Å²) in [5.74, 6) is -0.869. The highest BCUT2D eigenvalue weighted by Crippen LogP contribution is 2.46. The van der Waals surface area contributed by atoms with E-state index in [-0.39, 0.29) is 11.3 Å². The number of aliphatic hydroxyl groups is 1. The standard InChI is InChI=1S/C26H19BrN2O5S/c1-33-18-11-8-15(12-19(18)34-2)22-21(23(30)14-6-4-3-5-7-14)24(31)25(32)29(22)26-28-17-10-9-16(27)13-20(17)35-26/h3-13,22,30H,1-2H3/b23-21+. The number of hydrogen-bond acceptors (Lipinski definition) is 7. The Morgan fingerprint density at radius 3 is 2.46 bits per heavy atom. The number of methoxy groups -OCH3 is 2. The van der Waals surface area contributed by atoms with Crippen molar-refractivity contribution in [3.8, 4) is 11.5 Å². The number of nitrogens with zero attached hydrogens (tertiary/aromatic N) is 2. The molecule has 4 aromatic rings. The van der Waals surface area contributed by atoms with Crippen LogP contribution in [0.2, 0.25) is 0 Å². The Labute approximate surface area is 213 Å². The molecule has 3 aromatic carbocycles. The largest absolute Gasteiger partial charge is 0.507 e. The number of thiazole rings is 1. The third-order valence-corrected chi connectivity index (χ3v) is 7.27. The van der Waals surface area contributed by atoms with Crippen molar-refractivity contribution in [2.75, 3.05) is 19.1 Å². The second-order valence-electron chi connectivity index (χ2n) is 7.76. The van der Waals surface area contributed by atoms with Crippen molar-refractivity contribution in [3.05, 3.63) is 87.9 Å². The van der Waals surface area contributed by atoms with Crippen molar-refractivity contribution >= 4 is 60.1 Å². The summed E-state index contributed by atoms with van der Waals surface area (Å²) in [6, 6.07) is 18.5. The lowest BCUT2D eigenvalue weighted by Crippen LogP contribution is -2.29.